The van der Waals surface area contributed by atoms with E-state index in [1.54, 1.807) is 25.1 Å². The first-order valence-corrected chi connectivity index (χ1v) is 10.2. The lowest BCUT2D eigenvalue weighted by molar-refractivity contribution is -0.124. The van der Waals surface area contributed by atoms with Crippen LogP contribution in [0.2, 0.25) is 0 Å². The van der Waals surface area contributed by atoms with E-state index in [0.717, 1.165) is 5.39 Å². The van der Waals surface area contributed by atoms with Crippen LogP contribution >= 0.6 is 0 Å². The second-order valence-electron chi connectivity index (χ2n) is 6.55. The summed E-state index contributed by atoms with van der Waals surface area (Å²) in [7, 11) is -3.90. The van der Waals surface area contributed by atoms with E-state index in [0.29, 0.717) is 11.8 Å². The zero-order valence-corrected chi connectivity index (χ0v) is 16.1. The first kappa shape index (κ1) is 20.4. The number of hydrogen-bond donors (Lipinski definition) is 3. The van der Waals surface area contributed by atoms with Gasteiger partial charge in [0.25, 0.3) is 0 Å². The Hall–Kier alpha value is -1.96. The number of nitrogens with one attached hydrogen (secondary N) is 2. The van der Waals surface area contributed by atoms with Gasteiger partial charge in [0.15, 0.2) is 0 Å². The molecular formula is C19H26N2O4S. The number of amides is 1. The predicted molar refractivity (Wildman–Crippen MR) is 102 cm³/mol. The highest BCUT2D eigenvalue weighted by Gasteiger charge is 2.30. The minimum Gasteiger partial charge on any atom is -0.394 e. The van der Waals surface area contributed by atoms with Crippen LogP contribution in [0.3, 0.4) is 0 Å². The third-order valence-corrected chi connectivity index (χ3v) is 5.98. The number of fused-ring (bicyclic) bond motifs is 1. The summed E-state index contributed by atoms with van der Waals surface area (Å²) in [5.74, 6) is -0.643. The summed E-state index contributed by atoms with van der Waals surface area (Å²) in [5.41, 5.74) is 0. The van der Waals surface area contributed by atoms with Crippen molar-refractivity contribution in [2.75, 3.05) is 6.61 Å². The molecule has 26 heavy (non-hydrogen) atoms. The largest absolute Gasteiger partial charge is 0.394 e. The molecule has 0 saturated heterocycles. The monoisotopic (exact) mass is 378 g/mol. The molecule has 0 fully saturated rings. The molecule has 0 radical (unpaired) electrons. The molecule has 2 aromatic rings. The van der Waals surface area contributed by atoms with Crippen LogP contribution in [0.4, 0.5) is 0 Å². The van der Waals surface area contributed by atoms with Crippen LogP contribution in [0.15, 0.2) is 47.4 Å². The van der Waals surface area contributed by atoms with Gasteiger partial charge in [-0.05, 0) is 24.3 Å². The van der Waals surface area contributed by atoms with Gasteiger partial charge in [0.1, 0.15) is 6.04 Å². The fourth-order valence-electron chi connectivity index (χ4n) is 2.70. The molecule has 1 amide bonds. The average molecular weight is 378 g/mol. The van der Waals surface area contributed by atoms with Crippen molar-refractivity contribution in [3.8, 4) is 0 Å². The Morgan fingerprint density at radius 3 is 2.42 bits per heavy atom. The van der Waals surface area contributed by atoms with E-state index in [2.05, 4.69) is 10.0 Å². The van der Waals surface area contributed by atoms with Crippen molar-refractivity contribution < 1.29 is 18.3 Å². The van der Waals surface area contributed by atoms with Crippen molar-refractivity contribution in [3.05, 3.63) is 42.5 Å². The lowest BCUT2D eigenvalue weighted by atomic mass is 9.99. The highest BCUT2D eigenvalue weighted by atomic mass is 32.2. The molecule has 0 saturated carbocycles. The maximum absolute atomic E-state index is 13.0. The summed E-state index contributed by atoms with van der Waals surface area (Å²) in [6.45, 7) is 5.16. The summed E-state index contributed by atoms with van der Waals surface area (Å²) in [4.78, 5) is 12.7. The van der Waals surface area contributed by atoms with Crippen LogP contribution in [-0.2, 0) is 14.8 Å². The quantitative estimate of drug-likeness (QED) is 0.655. The van der Waals surface area contributed by atoms with E-state index < -0.39 is 28.0 Å². The maximum atomic E-state index is 13.0. The molecule has 0 bridgehead atoms. The lowest BCUT2D eigenvalue weighted by Crippen LogP contribution is -2.52. The van der Waals surface area contributed by atoms with Crippen molar-refractivity contribution >= 4 is 26.7 Å². The molecule has 7 heteroatoms. The van der Waals surface area contributed by atoms with Crippen LogP contribution in [-0.4, -0.2) is 38.1 Å². The van der Waals surface area contributed by atoms with E-state index in [4.69, 9.17) is 5.11 Å². The Kier molecular flexibility index (Phi) is 6.75. The summed E-state index contributed by atoms with van der Waals surface area (Å²) in [6, 6.07) is 10.9. The average Bonchev–Trinajstić information content (AvgIpc) is 2.64. The second-order valence-corrected chi connectivity index (χ2v) is 8.24. The molecule has 0 aliphatic carbocycles. The topological polar surface area (TPSA) is 95.5 Å². The van der Waals surface area contributed by atoms with E-state index >= 15 is 0 Å². The van der Waals surface area contributed by atoms with Crippen molar-refractivity contribution in [2.24, 2.45) is 5.92 Å². The lowest BCUT2D eigenvalue weighted by Gasteiger charge is -2.25. The van der Waals surface area contributed by atoms with E-state index in [1.165, 1.54) is 6.07 Å². The minimum atomic E-state index is -3.90. The third-order valence-electron chi connectivity index (χ3n) is 4.48. The number of sulfonamides is 1. The first-order valence-electron chi connectivity index (χ1n) is 8.71. The number of rotatable bonds is 8. The van der Waals surface area contributed by atoms with Gasteiger partial charge in [-0.3, -0.25) is 4.79 Å². The molecule has 0 heterocycles. The van der Waals surface area contributed by atoms with Crippen molar-refractivity contribution in [1.29, 1.82) is 0 Å². The van der Waals surface area contributed by atoms with Gasteiger partial charge in [-0.15, -0.1) is 0 Å². The molecule has 6 nitrogen and oxygen atoms in total. The van der Waals surface area contributed by atoms with Gasteiger partial charge in [-0.1, -0.05) is 56.7 Å². The molecule has 0 spiro atoms. The SMILES string of the molecule is CC[C@H](C)[C@H](NS(=O)(=O)c1cccc2ccccc12)C(=O)N[C@@H](C)CO. The zero-order chi connectivity index (χ0) is 19.3. The van der Waals surface area contributed by atoms with Gasteiger partial charge in [-0.25, -0.2) is 8.42 Å². The van der Waals surface area contributed by atoms with Gasteiger partial charge in [0.05, 0.1) is 11.5 Å². The van der Waals surface area contributed by atoms with Crippen LogP contribution in [0.25, 0.3) is 10.8 Å². The Bertz CT molecular complexity index is 861. The van der Waals surface area contributed by atoms with E-state index in [9.17, 15) is 13.2 Å². The third kappa shape index (κ3) is 4.60. The van der Waals surface area contributed by atoms with Gasteiger partial charge < -0.3 is 10.4 Å². The van der Waals surface area contributed by atoms with Crippen molar-refractivity contribution in [1.82, 2.24) is 10.0 Å². The molecule has 3 N–H and O–H groups in total. The Labute approximate surface area is 154 Å². The van der Waals surface area contributed by atoms with E-state index in [1.807, 2.05) is 32.0 Å². The van der Waals surface area contributed by atoms with Crippen molar-refractivity contribution in [3.63, 3.8) is 0 Å². The standard InChI is InChI=1S/C19H26N2O4S/c1-4-13(2)18(19(23)20-14(3)12-22)21-26(24,25)17-11-7-9-15-8-5-6-10-16(15)17/h5-11,13-14,18,21-22H,4,12H2,1-3H3,(H,20,23)/t13-,14-,18-/m0/s1. The summed E-state index contributed by atoms with van der Waals surface area (Å²) >= 11 is 0. The number of carbonyl (C=O) groups excluding carboxylic acids is 1. The summed E-state index contributed by atoms with van der Waals surface area (Å²) in [6.07, 6.45) is 0.629. The smallest absolute Gasteiger partial charge is 0.241 e. The molecule has 0 aliphatic heterocycles. The normalized spacial score (nSPS) is 15.4. The van der Waals surface area contributed by atoms with Crippen LogP contribution in [0.5, 0.6) is 0 Å². The Morgan fingerprint density at radius 2 is 1.77 bits per heavy atom. The fourth-order valence-corrected chi connectivity index (χ4v) is 4.24. The molecular weight excluding hydrogens is 352 g/mol. The molecule has 0 aliphatic rings. The fraction of sp³-hybridized carbons (Fsp3) is 0.421. The van der Waals surface area contributed by atoms with Gasteiger partial charge in [0.2, 0.25) is 15.9 Å². The van der Waals surface area contributed by atoms with Crippen LogP contribution < -0.4 is 10.0 Å². The number of aliphatic hydroxyl groups excluding tert-OH is 1. The first-order chi connectivity index (χ1) is 12.3. The molecule has 0 unspecified atom stereocenters. The Morgan fingerprint density at radius 1 is 1.12 bits per heavy atom. The Balaban J connectivity index is 2.38. The van der Waals surface area contributed by atoms with Crippen LogP contribution in [0, 0.1) is 5.92 Å². The predicted octanol–water partition coefficient (Wildman–Crippen LogP) is 2.03. The van der Waals surface area contributed by atoms with Crippen molar-refractivity contribution in [2.45, 2.75) is 44.2 Å². The maximum Gasteiger partial charge on any atom is 0.241 e. The summed E-state index contributed by atoms with van der Waals surface area (Å²) < 4.78 is 28.6. The van der Waals surface area contributed by atoms with E-state index in [-0.39, 0.29) is 17.4 Å². The second kappa shape index (κ2) is 8.62. The van der Waals surface area contributed by atoms with Gasteiger partial charge in [-0.2, -0.15) is 4.72 Å². The van der Waals surface area contributed by atoms with Gasteiger partial charge >= 0.3 is 0 Å². The van der Waals surface area contributed by atoms with Crippen LogP contribution in [0.1, 0.15) is 27.2 Å². The molecule has 2 aromatic carbocycles. The van der Waals surface area contributed by atoms with Gasteiger partial charge in [0, 0.05) is 11.4 Å². The minimum absolute atomic E-state index is 0.145. The highest BCUT2D eigenvalue weighted by molar-refractivity contribution is 7.89. The number of benzene rings is 2. The summed E-state index contributed by atoms with van der Waals surface area (Å²) in [5, 5.41) is 13.2. The molecule has 142 valence electrons. The zero-order valence-electron chi connectivity index (χ0n) is 15.3. The number of hydrogen-bond acceptors (Lipinski definition) is 4. The number of carbonyl (C=O) groups is 1. The molecule has 2 rings (SSSR count). The highest BCUT2D eigenvalue weighted by Crippen LogP contribution is 2.23. The molecule has 0 aromatic heterocycles. The number of aliphatic hydroxyl groups is 1. The molecule has 3 atom stereocenters.